The molecular formula is C22H27FN2O2. The Bertz CT molecular complexity index is 847. The minimum Gasteiger partial charge on any atom is -0.390 e. The molecule has 1 aromatic carbocycles. The van der Waals surface area contributed by atoms with Crippen LogP contribution < -0.4 is 5.32 Å². The zero-order chi connectivity index (χ0) is 18.6. The van der Waals surface area contributed by atoms with Crippen molar-refractivity contribution in [2.24, 2.45) is 11.8 Å². The fourth-order valence-electron chi connectivity index (χ4n) is 5.97. The molecule has 0 spiro atoms. The highest BCUT2D eigenvalue weighted by Crippen LogP contribution is 2.56. The normalized spacial score (nSPS) is 38.1. The Morgan fingerprint density at radius 1 is 1.26 bits per heavy atom. The van der Waals surface area contributed by atoms with E-state index in [9.17, 15) is 9.50 Å². The van der Waals surface area contributed by atoms with Gasteiger partial charge in [-0.25, -0.2) is 4.39 Å². The highest BCUT2D eigenvalue weighted by molar-refractivity contribution is 5.82. The lowest BCUT2D eigenvalue weighted by molar-refractivity contribution is -0.197. The van der Waals surface area contributed by atoms with Gasteiger partial charge in [0.2, 0.25) is 0 Å². The molecule has 5 heteroatoms. The van der Waals surface area contributed by atoms with Crippen molar-refractivity contribution in [3.63, 3.8) is 0 Å². The van der Waals surface area contributed by atoms with Crippen molar-refractivity contribution >= 4 is 10.9 Å². The van der Waals surface area contributed by atoms with Gasteiger partial charge in [0, 0.05) is 24.4 Å². The lowest BCUT2D eigenvalue weighted by Gasteiger charge is -2.45. The molecule has 4 nitrogen and oxygen atoms in total. The Kier molecular flexibility index (Phi) is 4.04. The smallest absolute Gasteiger partial charge is 0.123 e. The van der Waals surface area contributed by atoms with Crippen molar-refractivity contribution in [3.8, 4) is 0 Å². The van der Waals surface area contributed by atoms with Crippen LogP contribution in [0.2, 0.25) is 0 Å². The number of nitrogens with zero attached hydrogens (tertiary/aromatic N) is 1. The first-order valence-corrected chi connectivity index (χ1v) is 10.1. The van der Waals surface area contributed by atoms with E-state index < -0.39 is 5.60 Å². The van der Waals surface area contributed by atoms with Gasteiger partial charge in [0.15, 0.2) is 0 Å². The summed E-state index contributed by atoms with van der Waals surface area (Å²) in [6, 6.07) is 6.91. The molecule has 0 radical (unpaired) electrons. The number of halogens is 1. The molecule has 3 aliphatic rings. The van der Waals surface area contributed by atoms with E-state index in [4.69, 9.17) is 4.74 Å². The van der Waals surface area contributed by atoms with Crippen molar-refractivity contribution in [3.05, 3.63) is 41.8 Å². The Hall–Kier alpha value is -1.56. The molecule has 2 N–H and O–H groups in total. The predicted octanol–water partition coefficient (Wildman–Crippen LogP) is 3.73. The number of hydrogen-bond acceptors (Lipinski definition) is 4. The first-order valence-electron chi connectivity index (χ1n) is 10.1. The van der Waals surface area contributed by atoms with E-state index >= 15 is 0 Å². The maximum absolute atomic E-state index is 13.8. The summed E-state index contributed by atoms with van der Waals surface area (Å²) in [6.07, 6.45) is 7.31. The van der Waals surface area contributed by atoms with Gasteiger partial charge in [-0.2, -0.15) is 0 Å². The van der Waals surface area contributed by atoms with Gasteiger partial charge in [-0.3, -0.25) is 10.3 Å². The molecule has 3 fully saturated rings. The zero-order valence-electron chi connectivity index (χ0n) is 15.7. The lowest BCUT2D eigenvalue weighted by Crippen LogP contribution is -2.58. The van der Waals surface area contributed by atoms with Crippen LogP contribution in [0, 0.1) is 17.7 Å². The summed E-state index contributed by atoms with van der Waals surface area (Å²) in [5.41, 5.74) is 1.12. The summed E-state index contributed by atoms with van der Waals surface area (Å²) in [4.78, 5) is 4.39. The second kappa shape index (κ2) is 6.23. The Morgan fingerprint density at radius 2 is 2.00 bits per heavy atom. The van der Waals surface area contributed by atoms with Gasteiger partial charge in [0.25, 0.3) is 0 Å². The monoisotopic (exact) mass is 370 g/mol. The molecule has 27 heavy (non-hydrogen) atoms. The molecule has 2 saturated carbocycles. The largest absolute Gasteiger partial charge is 0.390 e. The Labute approximate surface area is 159 Å². The highest BCUT2D eigenvalue weighted by atomic mass is 19.1. The first kappa shape index (κ1) is 17.5. The molecule has 2 aliphatic carbocycles. The second-order valence-electron chi connectivity index (χ2n) is 8.90. The molecule has 0 bridgehead atoms. The fraction of sp³-hybridized carbons (Fsp3) is 0.591. The van der Waals surface area contributed by atoms with E-state index in [1.807, 2.05) is 13.2 Å². The van der Waals surface area contributed by atoms with Crippen LogP contribution in [0.3, 0.4) is 0 Å². The van der Waals surface area contributed by atoms with Crippen molar-refractivity contribution in [2.45, 2.75) is 55.8 Å². The maximum Gasteiger partial charge on any atom is 0.123 e. The zero-order valence-corrected chi connectivity index (χ0v) is 15.7. The minimum atomic E-state index is -0.629. The molecule has 2 aromatic rings. The van der Waals surface area contributed by atoms with Crippen LogP contribution in [0.25, 0.3) is 10.9 Å². The minimum absolute atomic E-state index is 0.206. The van der Waals surface area contributed by atoms with Gasteiger partial charge in [-0.15, -0.1) is 0 Å². The van der Waals surface area contributed by atoms with Crippen LogP contribution in [0.4, 0.5) is 4.39 Å². The maximum atomic E-state index is 13.8. The number of fused-ring (bicyclic) bond motifs is 2. The van der Waals surface area contributed by atoms with Crippen molar-refractivity contribution in [1.29, 1.82) is 0 Å². The fourth-order valence-corrected chi connectivity index (χ4v) is 5.97. The van der Waals surface area contributed by atoms with Gasteiger partial charge < -0.3 is 9.84 Å². The quantitative estimate of drug-likeness (QED) is 0.861. The number of nitrogens with one attached hydrogen (secondary N) is 1. The van der Waals surface area contributed by atoms with Gasteiger partial charge >= 0.3 is 0 Å². The average molecular weight is 370 g/mol. The third-order valence-electron chi connectivity index (χ3n) is 7.26. The van der Waals surface area contributed by atoms with Gasteiger partial charge in [-0.1, -0.05) is 0 Å². The predicted molar refractivity (Wildman–Crippen MR) is 102 cm³/mol. The van der Waals surface area contributed by atoms with Gasteiger partial charge in [0.1, 0.15) is 11.5 Å². The third kappa shape index (κ3) is 2.96. The molecule has 1 saturated heterocycles. The summed E-state index contributed by atoms with van der Waals surface area (Å²) < 4.78 is 19.5. The SMILES string of the molecule is CNC1(CC2(O)CC3CC(c4ccnc5ccc(F)cc45)CC3C2)CCO1. The number of benzene rings is 1. The van der Waals surface area contributed by atoms with Crippen molar-refractivity contribution in [1.82, 2.24) is 10.3 Å². The molecule has 5 rings (SSSR count). The third-order valence-corrected chi connectivity index (χ3v) is 7.26. The van der Waals surface area contributed by atoms with Crippen molar-refractivity contribution in [2.75, 3.05) is 13.7 Å². The molecule has 2 heterocycles. The van der Waals surface area contributed by atoms with E-state index in [0.717, 1.165) is 49.6 Å². The number of hydrogen-bond donors (Lipinski definition) is 2. The van der Waals surface area contributed by atoms with Crippen molar-refractivity contribution < 1.29 is 14.2 Å². The topological polar surface area (TPSA) is 54.4 Å². The van der Waals surface area contributed by atoms with E-state index in [-0.39, 0.29) is 11.5 Å². The molecule has 144 valence electrons. The van der Waals surface area contributed by atoms with Gasteiger partial charge in [-0.05, 0) is 80.3 Å². The number of aromatic nitrogens is 1. The molecule has 0 amide bonds. The van der Waals surface area contributed by atoms with Crippen LogP contribution in [0.1, 0.15) is 50.0 Å². The van der Waals surface area contributed by atoms with Crippen LogP contribution >= 0.6 is 0 Å². The molecule has 1 aliphatic heterocycles. The number of rotatable bonds is 4. The van der Waals surface area contributed by atoms with Crippen LogP contribution in [-0.2, 0) is 4.74 Å². The average Bonchev–Trinajstić information content (AvgIpc) is 3.12. The van der Waals surface area contributed by atoms with Crippen LogP contribution in [0.5, 0.6) is 0 Å². The first-order chi connectivity index (χ1) is 13.0. The Morgan fingerprint density at radius 3 is 2.63 bits per heavy atom. The molecular weight excluding hydrogens is 343 g/mol. The van der Waals surface area contributed by atoms with E-state index in [1.54, 1.807) is 12.1 Å². The highest BCUT2D eigenvalue weighted by Gasteiger charge is 2.53. The summed E-state index contributed by atoms with van der Waals surface area (Å²) in [5, 5.41) is 15.4. The number of pyridine rings is 1. The standard InChI is InChI=1S/C22H27FN2O2/c1-24-22(5-7-27-22)13-21(26)11-15-8-14(9-16(15)12-21)18-4-6-25-20-3-2-17(23)10-19(18)20/h2-4,6,10,14-16,24,26H,5,7-9,11-13H2,1H3. The Balaban J connectivity index is 1.34. The van der Waals surface area contributed by atoms with Crippen LogP contribution in [-0.4, -0.2) is 35.1 Å². The summed E-state index contributed by atoms with van der Waals surface area (Å²) in [6.45, 7) is 0.775. The number of ether oxygens (including phenoxy) is 1. The van der Waals surface area contributed by atoms with E-state index in [1.165, 1.54) is 11.6 Å². The summed E-state index contributed by atoms with van der Waals surface area (Å²) >= 11 is 0. The van der Waals surface area contributed by atoms with Gasteiger partial charge in [0.05, 0.1) is 17.7 Å². The second-order valence-corrected chi connectivity index (χ2v) is 8.90. The number of aliphatic hydroxyl groups is 1. The lowest BCUT2D eigenvalue weighted by atomic mass is 9.83. The molecule has 3 unspecified atom stereocenters. The van der Waals surface area contributed by atoms with E-state index in [0.29, 0.717) is 24.2 Å². The van der Waals surface area contributed by atoms with Crippen LogP contribution in [0.15, 0.2) is 30.5 Å². The van der Waals surface area contributed by atoms with E-state index in [2.05, 4.69) is 16.4 Å². The summed E-state index contributed by atoms with van der Waals surface area (Å²) in [5.74, 6) is 1.29. The molecule has 1 aromatic heterocycles. The molecule has 3 atom stereocenters. The summed E-state index contributed by atoms with van der Waals surface area (Å²) in [7, 11) is 1.92.